The lowest BCUT2D eigenvalue weighted by Gasteiger charge is -2.04. The van der Waals surface area contributed by atoms with E-state index in [2.05, 4.69) is 4.98 Å². The standard InChI is InChI=1S/C15H13N3O2S2/c1-22(20)9-4-2-8(3-5-9)12-6-10-13(21-12)11(15(17)19)7-18-14(10)16/h2-7H,1H3,(H2,16,18)(H2,17,19). The quantitative estimate of drug-likeness (QED) is 0.719. The van der Waals surface area contributed by atoms with Crippen LogP contribution in [0.3, 0.4) is 0 Å². The van der Waals surface area contributed by atoms with Crippen molar-refractivity contribution in [1.82, 2.24) is 4.98 Å². The zero-order chi connectivity index (χ0) is 15.9. The molecule has 0 aliphatic carbocycles. The van der Waals surface area contributed by atoms with E-state index in [-0.39, 0.29) is 0 Å². The van der Waals surface area contributed by atoms with E-state index in [4.69, 9.17) is 11.5 Å². The molecule has 2 aromatic heterocycles. The van der Waals surface area contributed by atoms with Crippen LogP contribution in [-0.4, -0.2) is 21.7 Å². The molecule has 1 atom stereocenters. The van der Waals surface area contributed by atoms with Gasteiger partial charge >= 0.3 is 0 Å². The predicted octanol–water partition coefficient (Wildman–Crippen LogP) is 2.38. The van der Waals surface area contributed by atoms with Crippen LogP contribution in [0.15, 0.2) is 41.4 Å². The summed E-state index contributed by atoms with van der Waals surface area (Å²) in [6.07, 6.45) is 3.05. The number of nitrogens with two attached hydrogens (primary N) is 2. The van der Waals surface area contributed by atoms with Crippen LogP contribution in [0.25, 0.3) is 20.5 Å². The smallest absolute Gasteiger partial charge is 0.251 e. The fraction of sp³-hybridized carbons (Fsp3) is 0.0667. The Labute approximate surface area is 134 Å². The maximum atomic E-state index is 11.5. The molecular weight excluding hydrogens is 318 g/mol. The van der Waals surface area contributed by atoms with Gasteiger partial charge in [-0.25, -0.2) is 4.98 Å². The number of carbonyl (C=O) groups excluding carboxylic acids is 1. The summed E-state index contributed by atoms with van der Waals surface area (Å²) in [6, 6.07) is 9.34. The van der Waals surface area contributed by atoms with Crippen LogP contribution in [-0.2, 0) is 11.2 Å². The van der Waals surface area contributed by atoms with E-state index in [0.717, 1.165) is 25.4 Å². The van der Waals surface area contributed by atoms with E-state index in [9.17, 15) is 9.35 Å². The minimum atomic E-state index is -1.01. The molecule has 4 N–H and O–H groups in total. The first-order valence-corrected chi connectivity index (χ1v) is 8.76. The van der Waals surface area contributed by atoms with Crippen LogP contribution in [0.4, 0.5) is 5.82 Å². The molecule has 0 aliphatic heterocycles. The van der Waals surface area contributed by atoms with Gasteiger partial charge in [-0.05, 0) is 47.1 Å². The average Bonchev–Trinajstić information content (AvgIpc) is 2.93. The molecule has 3 rings (SSSR count). The second-order valence-electron chi connectivity index (χ2n) is 4.75. The summed E-state index contributed by atoms with van der Waals surface area (Å²) in [7, 11) is 0. The van der Waals surface area contributed by atoms with Gasteiger partial charge in [-0.3, -0.25) is 4.79 Å². The molecule has 1 unspecified atom stereocenters. The Kier molecular flexibility index (Phi) is 3.78. The van der Waals surface area contributed by atoms with E-state index in [0.29, 0.717) is 11.4 Å². The number of benzene rings is 1. The van der Waals surface area contributed by atoms with Crippen molar-refractivity contribution in [3.63, 3.8) is 0 Å². The van der Waals surface area contributed by atoms with Gasteiger partial charge in [0.25, 0.3) is 5.91 Å². The molecule has 1 amide bonds. The molecule has 3 aromatic rings. The Balaban J connectivity index is 2.14. The van der Waals surface area contributed by atoms with Gasteiger partial charge < -0.3 is 16.0 Å². The number of hydrogen-bond donors (Lipinski definition) is 2. The van der Waals surface area contributed by atoms with Crippen molar-refractivity contribution in [3.8, 4) is 10.4 Å². The molecule has 2 heterocycles. The number of primary amides is 1. The van der Waals surface area contributed by atoms with Crippen molar-refractivity contribution in [2.24, 2.45) is 5.73 Å². The van der Waals surface area contributed by atoms with Crippen molar-refractivity contribution in [3.05, 3.63) is 42.1 Å². The topological polar surface area (TPSA) is 105 Å². The van der Waals surface area contributed by atoms with Crippen molar-refractivity contribution < 1.29 is 9.35 Å². The van der Waals surface area contributed by atoms with Gasteiger partial charge in [0.05, 0.1) is 10.3 Å². The third-order valence-electron chi connectivity index (χ3n) is 3.32. The number of aromatic nitrogens is 1. The second-order valence-corrected chi connectivity index (χ2v) is 7.19. The van der Waals surface area contributed by atoms with Gasteiger partial charge in [0, 0.05) is 16.5 Å². The zero-order valence-corrected chi connectivity index (χ0v) is 13.3. The van der Waals surface area contributed by atoms with Crippen molar-refractivity contribution in [2.45, 2.75) is 4.90 Å². The van der Waals surface area contributed by atoms with E-state index in [1.807, 2.05) is 30.3 Å². The third kappa shape index (κ3) is 2.54. The molecule has 1 aromatic carbocycles. The highest BCUT2D eigenvalue weighted by molar-refractivity contribution is 7.90. The molecule has 0 bridgehead atoms. The van der Waals surface area contributed by atoms with Crippen molar-refractivity contribution in [1.29, 1.82) is 0 Å². The van der Waals surface area contributed by atoms with Crippen molar-refractivity contribution >= 4 is 44.3 Å². The molecule has 112 valence electrons. The summed E-state index contributed by atoms with van der Waals surface area (Å²) in [4.78, 5) is 17.2. The highest BCUT2D eigenvalue weighted by Gasteiger charge is 2.15. The lowest BCUT2D eigenvalue weighted by molar-refractivity contribution is 0.100. The Morgan fingerprint density at radius 2 is 2.00 bits per heavy atom. The molecular formula is C15H13N3O2S2. The number of fused-ring (bicyclic) bond motifs is 1. The van der Waals surface area contributed by atoms with Gasteiger partial charge in [0.15, 0.2) is 4.90 Å². The third-order valence-corrected chi connectivity index (χ3v) is 5.48. The van der Waals surface area contributed by atoms with Crippen LogP contribution in [0.5, 0.6) is 0 Å². The Bertz CT molecular complexity index is 857. The number of hydrogen-bond acceptors (Lipinski definition) is 5. The van der Waals surface area contributed by atoms with E-state index in [1.54, 1.807) is 6.26 Å². The molecule has 0 spiro atoms. The summed E-state index contributed by atoms with van der Waals surface area (Å²) in [5.41, 5.74) is 12.6. The maximum Gasteiger partial charge on any atom is 0.251 e. The Morgan fingerprint density at radius 3 is 2.59 bits per heavy atom. The lowest BCUT2D eigenvalue weighted by atomic mass is 10.1. The minimum Gasteiger partial charge on any atom is -0.612 e. The normalized spacial score (nSPS) is 12.5. The van der Waals surface area contributed by atoms with Crippen LogP contribution in [0, 0.1) is 0 Å². The summed E-state index contributed by atoms with van der Waals surface area (Å²) in [6.45, 7) is 0. The SMILES string of the molecule is C[S+]([O-])c1ccc(-c2cc3c(N)ncc(C(N)=O)c3s2)cc1. The molecule has 22 heavy (non-hydrogen) atoms. The number of rotatable bonds is 3. The van der Waals surface area contributed by atoms with Gasteiger partial charge in [-0.1, -0.05) is 0 Å². The first-order valence-electron chi connectivity index (χ1n) is 6.39. The number of anilines is 1. The largest absolute Gasteiger partial charge is 0.612 e. The number of pyridine rings is 1. The first-order chi connectivity index (χ1) is 10.5. The average molecular weight is 331 g/mol. The number of nitrogen functional groups attached to an aromatic ring is 1. The summed E-state index contributed by atoms with van der Waals surface area (Å²) < 4.78 is 12.2. The number of nitrogens with zero attached hydrogens (tertiary/aromatic N) is 1. The number of carbonyl (C=O) groups is 1. The van der Waals surface area contributed by atoms with E-state index >= 15 is 0 Å². The first kappa shape index (κ1) is 14.8. The van der Waals surface area contributed by atoms with Crippen LogP contribution < -0.4 is 11.5 Å². The van der Waals surface area contributed by atoms with Gasteiger partial charge in [0.1, 0.15) is 12.1 Å². The summed E-state index contributed by atoms with van der Waals surface area (Å²) in [5, 5.41) is 0.722. The summed E-state index contributed by atoms with van der Waals surface area (Å²) >= 11 is 0.427. The molecule has 0 saturated heterocycles. The summed E-state index contributed by atoms with van der Waals surface area (Å²) in [5.74, 6) is -0.156. The fourth-order valence-corrected chi connectivity index (χ4v) is 3.88. The Morgan fingerprint density at radius 1 is 1.32 bits per heavy atom. The van der Waals surface area contributed by atoms with Gasteiger partial charge in [-0.2, -0.15) is 0 Å². The molecule has 0 saturated carbocycles. The van der Waals surface area contributed by atoms with Crippen LogP contribution in [0.1, 0.15) is 10.4 Å². The minimum absolute atomic E-state index is 0.367. The fourth-order valence-electron chi connectivity index (χ4n) is 2.17. The van der Waals surface area contributed by atoms with Gasteiger partial charge in [0.2, 0.25) is 0 Å². The second kappa shape index (κ2) is 5.60. The highest BCUT2D eigenvalue weighted by Crippen LogP contribution is 2.37. The molecule has 5 nitrogen and oxygen atoms in total. The lowest BCUT2D eigenvalue weighted by Crippen LogP contribution is -2.11. The van der Waals surface area contributed by atoms with E-state index < -0.39 is 17.1 Å². The van der Waals surface area contributed by atoms with Crippen molar-refractivity contribution in [2.75, 3.05) is 12.0 Å². The van der Waals surface area contributed by atoms with Crippen LogP contribution >= 0.6 is 11.3 Å². The van der Waals surface area contributed by atoms with E-state index in [1.165, 1.54) is 17.5 Å². The number of thiophene rings is 1. The monoisotopic (exact) mass is 331 g/mol. The van der Waals surface area contributed by atoms with Crippen LogP contribution in [0.2, 0.25) is 0 Å². The highest BCUT2D eigenvalue weighted by atomic mass is 32.2. The van der Waals surface area contributed by atoms with Gasteiger partial charge in [-0.15, -0.1) is 11.3 Å². The molecule has 0 fully saturated rings. The maximum absolute atomic E-state index is 11.5. The number of amides is 1. The Hall–Kier alpha value is -2.09. The molecule has 0 radical (unpaired) electrons. The molecule has 0 aliphatic rings. The predicted molar refractivity (Wildman–Crippen MR) is 90.3 cm³/mol. The molecule has 7 heteroatoms. The zero-order valence-electron chi connectivity index (χ0n) is 11.7.